The highest BCUT2D eigenvalue weighted by Crippen LogP contribution is 2.03. The molecule has 0 unspecified atom stereocenters. The molecule has 0 radical (unpaired) electrons. The van der Waals surface area contributed by atoms with Crippen molar-refractivity contribution in [2.24, 2.45) is 0 Å². The number of hydrogen-bond acceptors (Lipinski definition) is 3. The fourth-order valence-corrected chi connectivity index (χ4v) is 1.57. The summed E-state index contributed by atoms with van der Waals surface area (Å²) in [4.78, 5) is 20.5. The second kappa shape index (κ2) is 7.91. The van der Waals surface area contributed by atoms with Gasteiger partial charge < -0.3 is 10.4 Å². The van der Waals surface area contributed by atoms with E-state index < -0.39 is 5.97 Å². The molecule has 5 heteroatoms. The Morgan fingerprint density at radius 2 is 2.08 bits per heavy atom. The molecule has 0 aliphatic carbocycles. The Labute approximate surface area is 82.1 Å². The summed E-state index contributed by atoms with van der Waals surface area (Å²) in [5.74, 6) is 0.771. The number of aliphatic carboxylic acids is 1. The summed E-state index contributed by atoms with van der Waals surface area (Å²) < 4.78 is 0. The molecule has 0 spiro atoms. The van der Waals surface area contributed by atoms with Gasteiger partial charge in [-0.15, -0.1) is 0 Å². The molecule has 0 saturated heterocycles. The first-order chi connectivity index (χ1) is 6.13. The van der Waals surface area contributed by atoms with Gasteiger partial charge in [-0.25, -0.2) is 0 Å². The SMILES string of the molecule is CC(=O)NCCCSCCC(=O)O. The Morgan fingerprint density at radius 1 is 1.38 bits per heavy atom. The van der Waals surface area contributed by atoms with Gasteiger partial charge in [0.1, 0.15) is 0 Å². The van der Waals surface area contributed by atoms with E-state index in [4.69, 9.17) is 5.11 Å². The molecule has 13 heavy (non-hydrogen) atoms. The molecule has 0 fully saturated rings. The van der Waals surface area contributed by atoms with E-state index in [2.05, 4.69) is 5.32 Å². The van der Waals surface area contributed by atoms with Gasteiger partial charge in [-0.05, 0) is 12.2 Å². The van der Waals surface area contributed by atoms with Gasteiger partial charge in [0, 0.05) is 19.2 Å². The van der Waals surface area contributed by atoms with Gasteiger partial charge in [0.2, 0.25) is 5.91 Å². The lowest BCUT2D eigenvalue weighted by atomic mass is 10.5. The summed E-state index contributed by atoms with van der Waals surface area (Å²) in [6, 6.07) is 0. The van der Waals surface area contributed by atoms with E-state index in [1.165, 1.54) is 6.92 Å². The van der Waals surface area contributed by atoms with Crippen molar-refractivity contribution in [3.63, 3.8) is 0 Å². The minimum atomic E-state index is -0.755. The molecule has 0 aromatic rings. The molecule has 0 aliphatic rings. The first-order valence-corrected chi connectivity index (χ1v) is 5.32. The standard InChI is InChI=1S/C8H15NO3S/c1-7(10)9-4-2-5-13-6-3-8(11)12/h2-6H2,1H3,(H,9,10)(H,11,12). The number of carboxylic acids is 1. The van der Waals surface area contributed by atoms with Crippen LogP contribution in [-0.4, -0.2) is 35.0 Å². The second-order valence-electron chi connectivity index (χ2n) is 2.59. The topological polar surface area (TPSA) is 66.4 Å². The van der Waals surface area contributed by atoms with Crippen LogP contribution in [-0.2, 0) is 9.59 Å². The third-order valence-electron chi connectivity index (χ3n) is 1.30. The fraction of sp³-hybridized carbons (Fsp3) is 0.750. The van der Waals surface area contributed by atoms with E-state index >= 15 is 0 Å². The quantitative estimate of drug-likeness (QED) is 0.601. The van der Waals surface area contributed by atoms with Crippen molar-refractivity contribution in [1.29, 1.82) is 0 Å². The first-order valence-electron chi connectivity index (χ1n) is 4.17. The largest absolute Gasteiger partial charge is 0.481 e. The van der Waals surface area contributed by atoms with E-state index in [0.29, 0.717) is 12.3 Å². The van der Waals surface area contributed by atoms with E-state index in [1.807, 2.05) is 0 Å². The van der Waals surface area contributed by atoms with Gasteiger partial charge in [0.15, 0.2) is 0 Å². The highest BCUT2D eigenvalue weighted by molar-refractivity contribution is 7.99. The molecule has 0 heterocycles. The predicted molar refractivity (Wildman–Crippen MR) is 52.9 cm³/mol. The molecule has 1 amide bonds. The van der Waals surface area contributed by atoms with Gasteiger partial charge in [-0.3, -0.25) is 9.59 Å². The van der Waals surface area contributed by atoms with E-state index in [9.17, 15) is 9.59 Å². The van der Waals surface area contributed by atoms with Crippen molar-refractivity contribution in [2.45, 2.75) is 19.8 Å². The number of amides is 1. The summed E-state index contributed by atoms with van der Waals surface area (Å²) in [5.41, 5.74) is 0. The Balaban J connectivity index is 3.00. The fourth-order valence-electron chi connectivity index (χ4n) is 0.700. The van der Waals surface area contributed by atoms with Crippen LogP contribution in [0.25, 0.3) is 0 Å². The van der Waals surface area contributed by atoms with Crippen LogP contribution >= 0.6 is 11.8 Å². The van der Waals surface area contributed by atoms with Gasteiger partial charge in [-0.1, -0.05) is 0 Å². The van der Waals surface area contributed by atoms with Crippen molar-refractivity contribution < 1.29 is 14.7 Å². The monoisotopic (exact) mass is 205 g/mol. The molecule has 0 saturated carbocycles. The number of carbonyl (C=O) groups is 2. The number of rotatable bonds is 7. The van der Waals surface area contributed by atoms with Crippen LogP contribution < -0.4 is 5.32 Å². The molecule has 0 atom stereocenters. The van der Waals surface area contributed by atoms with Crippen LogP contribution in [0.3, 0.4) is 0 Å². The third kappa shape index (κ3) is 11.3. The van der Waals surface area contributed by atoms with Crippen LogP contribution in [0.5, 0.6) is 0 Å². The van der Waals surface area contributed by atoms with Crippen LogP contribution in [0.15, 0.2) is 0 Å². The number of nitrogens with one attached hydrogen (secondary N) is 1. The first kappa shape index (κ1) is 12.3. The maximum absolute atomic E-state index is 10.4. The number of carbonyl (C=O) groups excluding carboxylic acids is 1. The lowest BCUT2D eigenvalue weighted by molar-refractivity contribution is -0.136. The Kier molecular flexibility index (Phi) is 7.48. The Morgan fingerprint density at radius 3 is 2.62 bits per heavy atom. The van der Waals surface area contributed by atoms with E-state index in [-0.39, 0.29) is 12.3 Å². The number of carboxylic acid groups (broad SMARTS) is 1. The lowest BCUT2D eigenvalue weighted by Gasteiger charge is -2.00. The normalized spacial score (nSPS) is 9.62. The number of thioether (sulfide) groups is 1. The van der Waals surface area contributed by atoms with Crippen molar-refractivity contribution in [3.05, 3.63) is 0 Å². The van der Waals surface area contributed by atoms with Gasteiger partial charge in [-0.2, -0.15) is 11.8 Å². The zero-order valence-electron chi connectivity index (χ0n) is 7.71. The third-order valence-corrected chi connectivity index (χ3v) is 2.37. The van der Waals surface area contributed by atoms with E-state index in [1.54, 1.807) is 11.8 Å². The minimum absolute atomic E-state index is 0.0180. The summed E-state index contributed by atoms with van der Waals surface area (Å²) in [6.07, 6.45) is 1.11. The second-order valence-corrected chi connectivity index (χ2v) is 3.82. The van der Waals surface area contributed by atoms with Crippen molar-refractivity contribution in [1.82, 2.24) is 5.32 Å². The van der Waals surface area contributed by atoms with Crippen molar-refractivity contribution in [3.8, 4) is 0 Å². The Hall–Kier alpha value is -0.710. The molecule has 0 aromatic heterocycles. The van der Waals surface area contributed by atoms with Gasteiger partial charge >= 0.3 is 5.97 Å². The molecule has 4 nitrogen and oxygen atoms in total. The zero-order chi connectivity index (χ0) is 10.1. The molecule has 0 aromatic carbocycles. The molecule has 0 aliphatic heterocycles. The van der Waals surface area contributed by atoms with Crippen molar-refractivity contribution in [2.75, 3.05) is 18.1 Å². The van der Waals surface area contributed by atoms with Crippen LogP contribution in [0.4, 0.5) is 0 Å². The average Bonchev–Trinajstić information content (AvgIpc) is 2.01. The Bertz CT molecular complexity index is 155. The zero-order valence-corrected chi connectivity index (χ0v) is 8.52. The van der Waals surface area contributed by atoms with E-state index in [0.717, 1.165) is 12.2 Å². The summed E-state index contributed by atoms with van der Waals surface area (Å²) in [6.45, 7) is 2.16. The summed E-state index contributed by atoms with van der Waals surface area (Å²) in [5, 5.41) is 11.0. The molecule has 76 valence electrons. The van der Waals surface area contributed by atoms with Gasteiger partial charge in [0.05, 0.1) is 6.42 Å². The maximum Gasteiger partial charge on any atom is 0.304 e. The number of hydrogen-bond donors (Lipinski definition) is 2. The van der Waals surface area contributed by atoms with Crippen LogP contribution in [0.2, 0.25) is 0 Å². The maximum atomic E-state index is 10.4. The average molecular weight is 205 g/mol. The summed E-state index contributed by atoms with van der Waals surface area (Å²) in [7, 11) is 0. The van der Waals surface area contributed by atoms with Crippen LogP contribution in [0.1, 0.15) is 19.8 Å². The molecule has 2 N–H and O–H groups in total. The minimum Gasteiger partial charge on any atom is -0.481 e. The molecular weight excluding hydrogens is 190 g/mol. The molecule has 0 rings (SSSR count). The highest BCUT2D eigenvalue weighted by atomic mass is 32.2. The van der Waals surface area contributed by atoms with Crippen molar-refractivity contribution >= 4 is 23.6 Å². The lowest BCUT2D eigenvalue weighted by Crippen LogP contribution is -2.21. The smallest absolute Gasteiger partial charge is 0.304 e. The molecular formula is C8H15NO3S. The molecule has 0 bridgehead atoms. The van der Waals surface area contributed by atoms with Crippen LogP contribution in [0, 0.1) is 0 Å². The summed E-state index contributed by atoms with van der Waals surface area (Å²) >= 11 is 1.60. The van der Waals surface area contributed by atoms with Gasteiger partial charge in [0.25, 0.3) is 0 Å². The predicted octanol–water partition coefficient (Wildman–Crippen LogP) is 0.720. The highest BCUT2D eigenvalue weighted by Gasteiger charge is 1.96.